The Morgan fingerprint density at radius 3 is 2.46 bits per heavy atom. The molecule has 0 aliphatic heterocycles. The average Bonchev–Trinajstić information content (AvgIpc) is 2.62. The van der Waals surface area contributed by atoms with Crippen molar-refractivity contribution in [2.24, 2.45) is 0 Å². The number of rotatable bonds is 4. The third-order valence-corrected chi connectivity index (χ3v) is 4.43. The van der Waals surface area contributed by atoms with Crippen LogP contribution < -0.4 is 4.90 Å². The van der Waals surface area contributed by atoms with Gasteiger partial charge in [0.05, 0.1) is 0 Å². The van der Waals surface area contributed by atoms with Crippen molar-refractivity contribution in [2.75, 3.05) is 4.90 Å². The molecule has 0 aromatic heterocycles. The second kappa shape index (κ2) is 7.86. The number of amides is 1. The molecular weight excluding hydrogens is 302 g/mol. The molecule has 0 N–H and O–H groups in total. The minimum atomic E-state index is -0.343. The zero-order valence-electron chi connectivity index (χ0n) is 13.7. The van der Waals surface area contributed by atoms with Crippen LogP contribution in [0.3, 0.4) is 0 Å². The van der Waals surface area contributed by atoms with Crippen LogP contribution in [0, 0.1) is 0 Å². The summed E-state index contributed by atoms with van der Waals surface area (Å²) in [6.45, 7) is 0.116. The number of carbonyl (C=O) groups excluding carboxylic acids is 1. The summed E-state index contributed by atoms with van der Waals surface area (Å²) in [6, 6.07) is 16.3. The normalized spacial score (nSPS) is 15.0. The molecule has 125 valence electrons. The predicted molar refractivity (Wildman–Crippen MR) is 92.6 cm³/mol. The standard InChI is InChI=1S/C20H22NO3/c22-19-13-7-8-16(14-19)15-24-20(23)21(17-9-3-1-4-10-17)18-11-5-2-6-12-18/h1,3-4,7-10,13-14,18H,2,5-6,11-12,15H2. The minimum Gasteiger partial charge on any atom is -0.444 e. The first-order valence-corrected chi connectivity index (χ1v) is 8.51. The highest BCUT2D eigenvalue weighted by Crippen LogP contribution is 2.28. The maximum Gasteiger partial charge on any atom is 0.414 e. The summed E-state index contributed by atoms with van der Waals surface area (Å²) >= 11 is 0. The first kappa shape index (κ1) is 16.4. The maximum absolute atomic E-state index is 12.7. The van der Waals surface area contributed by atoms with Gasteiger partial charge in [-0.25, -0.2) is 4.79 Å². The summed E-state index contributed by atoms with van der Waals surface area (Å²) in [4.78, 5) is 14.5. The summed E-state index contributed by atoms with van der Waals surface area (Å²) < 4.78 is 5.50. The van der Waals surface area contributed by atoms with Crippen molar-refractivity contribution in [3.8, 4) is 5.75 Å². The highest BCUT2D eigenvalue weighted by molar-refractivity contribution is 5.88. The van der Waals surface area contributed by atoms with E-state index in [1.54, 1.807) is 17.0 Å². The molecule has 0 saturated heterocycles. The van der Waals surface area contributed by atoms with Crippen molar-refractivity contribution < 1.29 is 14.6 Å². The molecule has 24 heavy (non-hydrogen) atoms. The number of anilines is 1. The predicted octanol–water partition coefficient (Wildman–Crippen LogP) is 5.31. The van der Waals surface area contributed by atoms with E-state index in [1.807, 2.05) is 30.3 Å². The Hall–Kier alpha value is -2.49. The van der Waals surface area contributed by atoms with Crippen molar-refractivity contribution in [1.29, 1.82) is 0 Å². The maximum atomic E-state index is 12.7. The van der Waals surface area contributed by atoms with Gasteiger partial charge in [-0.3, -0.25) is 10.0 Å². The Morgan fingerprint density at radius 1 is 1.00 bits per heavy atom. The Bertz CT molecular complexity index is 666. The topological polar surface area (TPSA) is 49.4 Å². The summed E-state index contributed by atoms with van der Waals surface area (Å²) in [5.41, 5.74) is 1.58. The summed E-state index contributed by atoms with van der Waals surface area (Å²) in [5.74, 6) is -0.0734. The highest BCUT2D eigenvalue weighted by Gasteiger charge is 2.28. The molecule has 0 atom stereocenters. The molecule has 0 unspecified atom stereocenters. The van der Waals surface area contributed by atoms with Crippen LogP contribution in [0.2, 0.25) is 0 Å². The summed E-state index contributed by atoms with van der Waals surface area (Å²) in [7, 11) is 0. The lowest BCUT2D eigenvalue weighted by atomic mass is 9.94. The van der Waals surface area contributed by atoms with Gasteiger partial charge < -0.3 is 4.74 Å². The van der Waals surface area contributed by atoms with Gasteiger partial charge in [-0.1, -0.05) is 49.6 Å². The smallest absolute Gasteiger partial charge is 0.414 e. The average molecular weight is 324 g/mol. The van der Waals surface area contributed by atoms with E-state index in [4.69, 9.17) is 4.74 Å². The number of para-hydroxylation sites is 1. The quantitative estimate of drug-likeness (QED) is 0.765. The first-order valence-electron chi connectivity index (χ1n) is 8.51. The number of benzene rings is 2. The van der Waals surface area contributed by atoms with Crippen LogP contribution in [0.1, 0.15) is 37.7 Å². The minimum absolute atomic E-state index is 0.0734. The molecule has 1 fully saturated rings. The molecule has 4 nitrogen and oxygen atoms in total. The molecule has 1 aliphatic rings. The molecular formula is C20H22NO3. The van der Waals surface area contributed by atoms with Gasteiger partial charge in [-0.2, -0.15) is 0 Å². The van der Waals surface area contributed by atoms with Crippen LogP contribution in [-0.2, 0) is 16.5 Å². The van der Waals surface area contributed by atoms with E-state index in [1.165, 1.54) is 18.6 Å². The fourth-order valence-electron chi connectivity index (χ4n) is 3.24. The lowest BCUT2D eigenvalue weighted by Crippen LogP contribution is -2.42. The van der Waals surface area contributed by atoms with E-state index >= 15 is 0 Å². The van der Waals surface area contributed by atoms with Gasteiger partial charge in [-0.15, -0.1) is 0 Å². The van der Waals surface area contributed by atoms with E-state index in [2.05, 4.69) is 0 Å². The van der Waals surface area contributed by atoms with E-state index < -0.39 is 0 Å². The molecule has 2 aromatic rings. The molecule has 1 amide bonds. The number of hydrogen-bond acceptors (Lipinski definition) is 2. The zero-order valence-corrected chi connectivity index (χ0v) is 13.7. The fraction of sp³-hybridized carbons (Fsp3) is 0.350. The lowest BCUT2D eigenvalue weighted by molar-refractivity contribution is 0.142. The molecule has 1 aliphatic carbocycles. The van der Waals surface area contributed by atoms with Crippen LogP contribution in [-0.4, -0.2) is 12.1 Å². The number of carbonyl (C=O) groups is 1. The zero-order chi connectivity index (χ0) is 16.8. The van der Waals surface area contributed by atoms with Gasteiger partial charge in [0.2, 0.25) is 0 Å². The highest BCUT2D eigenvalue weighted by atomic mass is 16.6. The van der Waals surface area contributed by atoms with E-state index in [9.17, 15) is 9.90 Å². The number of hydrogen-bond donors (Lipinski definition) is 0. The molecule has 0 spiro atoms. The largest absolute Gasteiger partial charge is 0.444 e. The van der Waals surface area contributed by atoms with Crippen molar-refractivity contribution in [2.45, 2.75) is 44.8 Å². The summed E-state index contributed by atoms with van der Waals surface area (Å²) in [6.07, 6.45) is 5.16. The van der Waals surface area contributed by atoms with Crippen LogP contribution in [0.5, 0.6) is 5.75 Å². The number of nitrogens with zero attached hydrogens (tertiary/aromatic N) is 1. The molecule has 0 heterocycles. The van der Waals surface area contributed by atoms with E-state index in [-0.39, 0.29) is 24.5 Å². The monoisotopic (exact) mass is 324 g/mol. The molecule has 1 saturated carbocycles. The Balaban J connectivity index is 1.73. The van der Waals surface area contributed by atoms with Gasteiger partial charge in [-0.05, 0) is 42.7 Å². The Morgan fingerprint density at radius 2 is 1.75 bits per heavy atom. The van der Waals surface area contributed by atoms with Crippen molar-refractivity contribution in [3.63, 3.8) is 0 Å². The van der Waals surface area contributed by atoms with E-state index in [0.717, 1.165) is 31.4 Å². The van der Waals surface area contributed by atoms with Crippen molar-refractivity contribution >= 4 is 11.8 Å². The van der Waals surface area contributed by atoms with Crippen molar-refractivity contribution in [1.82, 2.24) is 0 Å². The lowest BCUT2D eigenvalue weighted by Gasteiger charge is -2.33. The molecule has 1 radical (unpaired) electrons. The Kier molecular flexibility index (Phi) is 5.36. The van der Waals surface area contributed by atoms with Gasteiger partial charge in [0, 0.05) is 11.7 Å². The van der Waals surface area contributed by atoms with Gasteiger partial charge >= 0.3 is 6.09 Å². The van der Waals surface area contributed by atoms with Crippen LogP contribution in [0.25, 0.3) is 0 Å². The SMILES string of the molecule is [O]c1cccc(COC(=O)N(c2ccccc2)C2CCCCC2)c1. The van der Waals surface area contributed by atoms with Crippen LogP contribution in [0.15, 0.2) is 54.6 Å². The molecule has 4 heteroatoms. The fourth-order valence-corrected chi connectivity index (χ4v) is 3.24. The first-order chi connectivity index (χ1) is 11.7. The van der Waals surface area contributed by atoms with Crippen LogP contribution >= 0.6 is 0 Å². The van der Waals surface area contributed by atoms with Crippen LogP contribution in [0.4, 0.5) is 10.5 Å². The van der Waals surface area contributed by atoms with E-state index in [0.29, 0.717) is 5.56 Å². The number of ether oxygens (including phenoxy) is 1. The second-order valence-corrected chi connectivity index (χ2v) is 6.20. The third-order valence-electron chi connectivity index (χ3n) is 4.43. The van der Waals surface area contributed by atoms with Crippen molar-refractivity contribution in [3.05, 3.63) is 60.2 Å². The van der Waals surface area contributed by atoms with Gasteiger partial charge in [0.15, 0.2) is 5.75 Å². The Labute approximate surface area is 142 Å². The molecule has 0 bridgehead atoms. The third kappa shape index (κ3) is 4.07. The molecule has 3 rings (SSSR count). The summed E-state index contributed by atoms with van der Waals surface area (Å²) in [5, 5.41) is 11.4. The second-order valence-electron chi connectivity index (χ2n) is 6.20. The molecule has 2 aromatic carbocycles. The van der Waals surface area contributed by atoms with Gasteiger partial charge in [0.1, 0.15) is 6.61 Å². The van der Waals surface area contributed by atoms with Gasteiger partial charge in [0.25, 0.3) is 0 Å².